The summed E-state index contributed by atoms with van der Waals surface area (Å²) in [6.45, 7) is 4.08. The van der Waals surface area contributed by atoms with Gasteiger partial charge in [-0.25, -0.2) is 4.98 Å². The molecule has 1 aromatic heterocycles. The Labute approximate surface area is 157 Å². The number of rotatable bonds is 6. The Bertz CT molecular complexity index is 683. The third kappa shape index (κ3) is 4.73. The van der Waals surface area contributed by atoms with E-state index in [1.165, 1.54) is 10.7 Å². The highest BCUT2D eigenvalue weighted by Crippen LogP contribution is 2.24. The highest BCUT2D eigenvalue weighted by molar-refractivity contribution is 7.87. The molecule has 1 N–H and O–H groups in total. The lowest BCUT2D eigenvalue weighted by molar-refractivity contribution is 0.283. The average Bonchev–Trinajstić information content (AvgIpc) is 2.67. The van der Waals surface area contributed by atoms with E-state index in [0.29, 0.717) is 0 Å². The van der Waals surface area contributed by atoms with Crippen LogP contribution in [0, 0.1) is 0 Å². The molecule has 1 aromatic rings. The van der Waals surface area contributed by atoms with Crippen molar-refractivity contribution in [2.24, 2.45) is 0 Å². The molecule has 7 nitrogen and oxygen atoms in total. The summed E-state index contributed by atoms with van der Waals surface area (Å²) in [5.41, 5.74) is 0.928. The molecule has 0 spiro atoms. The van der Waals surface area contributed by atoms with Gasteiger partial charge in [-0.15, -0.1) is 0 Å². The molecule has 2 fully saturated rings. The average molecular weight is 382 g/mol. The molecule has 2 aliphatic rings. The molecule has 1 aliphatic carbocycles. The lowest BCUT2D eigenvalue weighted by Crippen LogP contribution is -2.46. The first-order valence-electron chi connectivity index (χ1n) is 9.57. The van der Waals surface area contributed by atoms with Gasteiger partial charge >= 0.3 is 0 Å². The van der Waals surface area contributed by atoms with Gasteiger partial charge in [0, 0.05) is 57.6 Å². The summed E-state index contributed by atoms with van der Waals surface area (Å²) < 4.78 is 29.7. The number of nitrogens with one attached hydrogen (secondary N) is 1. The van der Waals surface area contributed by atoms with Crippen molar-refractivity contribution in [3.05, 3.63) is 23.9 Å². The van der Waals surface area contributed by atoms with Gasteiger partial charge in [0.15, 0.2) is 0 Å². The van der Waals surface area contributed by atoms with Crippen LogP contribution in [0.3, 0.4) is 0 Å². The maximum atomic E-state index is 12.7. The largest absolute Gasteiger partial charge is 0.354 e. The second kappa shape index (κ2) is 8.65. The van der Waals surface area contributed by atoms with Crippen molar-refractivity contribution in [2.45, 2.75) is 44.7 Å². The number of aromatic nitrogens is 1. The molecular formula is C18H31N5O2S. The minimum atomic E-state index is -3.49. The van der Waals surface area contributed by atoms with Gasteiger partial charge in [-0.05, 0) is 26.0 Å². The lowest BCUT2D eigenvalue weighted by atomic mass is 9.96. The fourth-order valence-electron chi connectivity index (χ4n) is 3.78. The smallest absolute Gasteiger partial charge is 0.279 e. The SMILES string of the molecule is CN1CCN(c2ncccc2CNS(=O)(=O)N(C)C2CCCCC2)CC1. The minimum Gasteiger partial charge on any atom is -0.354 e. The standard InChI is InChI=1S/C18H31N5O2S/c1-21-11-13-23(14-12-21)18-16(7-6-10-19-18)15-20-26(24,25)22(2)17-8-4-3-5-9-17/h6-7,10,17,20H,3-5,8-9,11-15H2,1-2H3. The van der Waals surface area contributed by atoms with E-state index < -0.39 is 10.2 Å². The van der Waals surface area contributed by atoms with Crippen LogP contribution in [0.2, 0.25) is 0 Å². The van der Waals surface area contributed by atoms with E-state index >= 15 is 0 Å². The summed E-state index contributed by atoms with van der Waals surface area (Å²) in [6.07, 6.45) is 7.12. The van der Waals surface area contributed by atoms with Crippen LogP contribution in [0.4, 0.5) is 5.82 Å². The van der Waals surface area contributed by atoms with Gasteiger partial charge in [0.05, 0.1) is 0 Å². The minimum absolute atomic E-state index is 0.118. The highest BCUT2D eigenvalue weighted by atomic mass is 32.2. The van der Waals surface area contributed by atoms with Crippen LogP contribution >= 0.6 is 0 Å². The summed E-state index contributed by atoms with van der Waals surface area (Å²) in [4.78, 5) is 9.06. The Hall–Kier alpha value is -1.22. The molecule has 1 aliphatic heterocycles. The molecule has 0 bridgehead atoms. The quantitative estimate of drug-likeness (QED) is 0.807. The van der Waals surface area contributed by atoms with Crippen LogP contribution in [0.25, 0.3) is 0 Å². The normalized spacial score (nSPS) is 20.7. The van der Waals surface area contributed by atoms with Crippen molar-refractivity contribution < 1.29 is 8.42 Å². The van der Waals surface area contributed by atoms with Gasteiger partial charge in [0.2, 0.25) is 0 Å². The summed E-state index contributed by atoms with van der Waals surface area (Å²) in [7, 11) is 0.329. The third-order valence-corrected chi connectivity index (χ3v) is 7.15. The van der Waals surface area contributed by atoms with Gasteiger partial charge in [0.1, 0.15) is 5.82 Å². The van der Waals surface area contributed by atoms with Crippen LogP contribution in [-0.4, -0.2) is 68.9 Å². The monoisotopic (exact) mass is 381 g/mol. The Balaban J connectivity index is 1.65. The van der Waals surface area contributed by atoms with Gasteiger partial charge < -0.3 is 9.80 Å². The molecule has 146 valence electrons. The van der Waals surface area contributed by atoms with E-state index in [4.69, 9.17) is 0 Å². The first-order valence-corrected chi connectivity index (χ1v) is 11.0. The molecule has 1 saturated carbocycles. The molecular weight excluding hydrogens is 350 g/mol. The molecule has 0 radical (unpaired) electrons. The van der Waals surface area contributed by atoms with E-state index in [0.717, 1.165) is 63.2 Å². The number of likely N-dealkylation sites (N-methyl/N-ethyl adjacent to an activating group) is 1. The molecule has 2 heterocycles. The maximum absolute atomic E-state index is 12.7. The summed E-state index contributed by atoms with van der Waals surface area (Å²) >= 11 is 0. The number of hydrogen-bond acceptors (Lipinski definition) is 5. The molecule has 0 atom stereocenters. The number of hydrogen-bond donors (Lipinski definition) is 1. The van der Waals surface area contributed by atoms with Crippen LogP contribution in [0.1, 0.15) is 37.7 Å². The van der Waals surface area contributed by atoms with Crippen molar-refractivity contribution in [1.29, 1.82) is 0 Å². The Kier molecular flexibility index (Phi) is 6.50. The molecule has 1 saturated heterocycles. The molecule has 0 unspecified atom stereocenters. The van der Waals surface area contributed by atoms with Crippen molar-refractivity contribution in [3.63, 3.8) is 0 Å². The predicted octanol–water partition coefficient (Wildman–Crippen LogP) is 1.43. The number of piperazine rings is 1. The van der Waals surface area contributed by atoms with Gasteiger partial charge in [-0.2, -0.15) is 17.4 Å². The van der Waals surface area contributed by atoms with Crippen molar-refractivity contribution in [1.82, 2.24) is 18.9 Å². The second-order valence-corrected chi connectivity index (χ2v) is 9.23. The van der Waals surface area contributed by atoms with Crippen molar-refractivity contribution in [2.75, 3.05) is 45.2 Å². The zero-order valence-corrected chi connectivity index (χ0v) is 16.7. The first-order chi connectivity index (χ1) is 12.5. The van der Waals surface area contributed by atoms with Crippen molar-refractivity contribution in [3.8, 4) is 0 Å². The fourth-order valence-corrected chi connectivity index (χ4v) is 4.93. The van der Waals surface area contributed by atoms with Crippen LogP contribution in [0.5, 0.6) is 0 Å². The first kappa shape index (κ1) is 19.5. The van der Waals surface area contributed by atoms with Crippen LogP contribution in [-0.2, 0) is 16.8 Å². The Morgan fingerprint density at radius 1 is 1.19 bits per heavy atom. The number of nitrogens with zero attached hydrogens (tertiary/aromatic N) is 4. The van der Waals surface area contributed by atoms with E-state index in [9.17, 15) is 8.42 Å². The zero-order valence-electron chi connectivity index (χ0n) is 15.9. The van der Waals surface area contributed by atoms with E-state index in [1.54, 1.807) is 13.2 Å². The molecule has 0 aromatic carbocycles. The van der Waals surface area contributed by atoms with E-state index in [1.807, 2.05) is 12.1 Å². The Morgan fingerprint density at radius 2 is 1.88 bits per heavy atom. The van der Waals surface area contributed by atoms with Crippen LogP contribution in [0.15, 0.2) is 18.3 Å². The van der Waals surface area contributed by atoms with Gasteiger partial charge in [-0.3, -0.25) is 0 Å². The third-order valence-electron chi connectivity index (χ3n) is 5.58. The summed E-state index contributed by atoms with van der Waals surface area (Å²) in [5.74, 6) is 0.892. The number of pyridine rings is 1. The fraction of sp³-hybridized carbons (Fsp3) is 0.722. The topological polar surface area (TPSA) is 68.8 Å². The van der Waals surface area contributed by atoms with Crippen LogP contribution < -0.4 is 9.62 Å². The maximum Gasteiger partial charge on any atom is 0.279 e. The molecule has 26 heavy (non-hydrogen) atoms. The molecule has 3 rings (SSSR count). The van der Waals surface area contributed by atoms with E-state index in [-0.39, 0.29) is 12.6 Å². The molecule has 0 amide bonds. The number of anilines is 1. The lowest BCUT2D eigenvalue weighted by Gasteiger charge is -2.34. The van der Waals surface area contributed by atoms with Gasteiger partial charge in [0.25, 0.3) is 10.2 Å². The Morgan fingerprint density at radius 3 is 2.58 bits per heavy atom. The van der Waals surface area contributed by atoms with Gasteiger partial charge in [-0.1, -0.05) is 25.3 Å². The highest BCUT2D eigenvalue weighted by Gasteiger charge is 2.27. The van der Waals surface area contributed by atoms with Crippen molar-refractivity contribution >= 4 is 16.0 Å². The summed E-state index contributed by atoms with van der Waals surface area (Å²) in [6, 6.07) is 3.95. The predicted molar refractivity (Wildman–Crippen MR) is 104 cm³/mol. The summed E-state index contributed by atoms with van der Waals surface area (Å²) in [5, 5.41) is 0. The zero-order chi connectivity index (χ0) is 18.6. The second-order valence-electron chi connectivity index (χ2n) is 7.41. The van der Waals surface area contributed by atoms with E-state index in [2.05, 4.69) is 26.6 Å². The molecule has 8 heteroatoms.